The first-order valence-electron chi connectivity index (χ1n) is 30.2. The third kappa shape index (κ3) is 34.1. The number of esters is 2. The first-order chi connectivity index (χ1) is 36.1. The Bertz CT molecular complexity index is 1540. The topological polar surface area (TPSA) is 211 Å². The van der Waals surface area contributed by atoms with Crippen LogP contribution in [0.1, 0.15) is 277 Å². The summed E-state index contributed by atoms with van der Waals surface area (Å²) in [6.07, 6.45) is 39.3. The van der Waals surface area contributed by atoms with Crippen LogP contribution < -0.4 is 10.6 Å². The molecule has 0 aliphatic carbocycles. The van der Waals surface area contributed by atoms with Gasteiger partial charge in [0.2, 0.25) is 11.8 Å². The van der Waals surface area contributed by atoms with Crippen LogP contribution in [0.15, 0.2) is 6.20 Å². The Hall–Kier alpha value is -2.79. The highest BCUT2D eigenvalue weighted by Gasteiger charge is 2.44. The second-order valence-electron chi connectivity index (χ2n) is 21.2. The molecular formula is C58H107N5O10S. The molecule has 74 heavy (non-hydrogen) atoms. The summed E-state index contributed by atoms with van der Waals surface area (Å²) in [4.78, 5) is 53.3. The van der Waals surface area contributed by atoms with E-state index in [1.807, 2.05) is 0 Å². The van der Waals surface area contributed by atoms with E-state index in [1.54, 1.807) is 0 Å². The maximum absolute atomic E-state index is 13.9. The highest BCUT2D eigenvalue weighted by molar-refractivity contribution is 7.99. The lowest BCUT2D eigenvalue weighted by Gasteiger charge is -2.21. The standard InChI is InChI=1S/C58H107N5O10S/c1-4-7-10-13-16-19-22-25-28-31-34-37-40-52(65)59-49(57(70)60-51-43-63(62-61-51)58-56(69)55(68)50(44-64)73-58)47-74-46-48(72-54(67)42-39-36-33-30-27-24-21-18-15-12-9-6-3)45-71-53(66)41-38-35-32-29-26-23-20-17-14-11-8-5-2/h43,48-50,55-56,58,64,68-69H,4-42,44-47H2,1-3H3,(H,59,65)(H,60,70)/t48-,49-,50?,55-,56-,58+/m1/s1. The fourth-order valence-corrected chi connectivity index (χ4v) is 10.5. The molecule has 15 nitrogen and oxygen atoms in total. The first kappa shape index (κ1) is 67.3. The summed E-state index contributed by atoms with van der Waals surface area (Å²) < 4.78 is 18.3. The van der Waals surface area contributed by atoms with Gasteiger partial charge in [0.1, 0.15) is 37.1 Å². The molecular weight excluding hydrogens is 959 g/mol. The van der Waals surface area contributed by atoms with Gasteiger partial charge in [-0.25, -0.2) is 4.68 Å². The van der Waals surface area contributed by atoms with Crippen LogP contribution in [0.4, 0.5) is 5.82 Å². The lowest BCUT2D eigenvalue weighted by Crippen LogP contribution is -2.45. The van der Waals surface area contributed by atoms with Gasteiger partial charge < -0.3 is 40.2 Å². The van der Waals surface area contributed by atoms with Gasteiger partial charge >= 0.3 is 11.9 Å². The van der Waals surface area contributed by atoms with Crippen molar-refractivity contribution in [2.75, 3.05) is 30.0 Å². The van der Waals surface area contributed by atoms with Crippen LogP contribution in [-0.4, -0.2) is 109 Å². The number of unbranched alkanes of at least 4 members (excludes halogenated alkanes) is 33. The van der Waals surface area contributed by atoms with Gasteiger partial charge in [0.05, 0.1) is 12.8 Å². The van der Waals surface area contributed by atoms with Crippen LogP contribution >= 0.6 is 11.8 Å². The van der Waals surface area contributed by atoms with Crippen LogP contribution in [0.2, 0.25) is 0 Å². The number of nitrogens with one attached hydrogen (secondary N) is 2. The van der Waals surface area contributed by atoms with E-state index in [1.165, 1.54) is 178 Å². The summed E-state index contributed by atoms with van der Waals surface area (Å²) in [5.74, 6) is -1.09. The molecule has 6 atom stereocenters. The Morgan fingerprint density at radius 2 is 1.01 bits per heavy atom. The van der Waals surface area contributed by atoms with Crippen molar-refractivity contribution < 1.29 is 48.7 Å². The number of aromatic nitrogens is 3. The van der Waals surface area contributed by atoms with Crippen molar-refractivity contribution >= 4 is 41.3 Å². The number of thioether (sulfide) groups is 1. The maximum atomic E-state index is 13.9. The second kappa shape index (κ2) is 46.3. The summed E-state index contributed by atoms with van der Waals surface area (Å²) in [7, 11) is 0. The Kier molecular flexibility index (Phi) is 42.1. The molecule has 1 aromatic heterocycles. The van der Waals surface area contributed by atoms with Gasteiger partial charge in [-0.1, -0.05) is 238 Å². The zero-order valence-electron chi connectivity index (χ0n) is 46.9. The van der Waals surface area contributed by atoms with Gasteiger partial charge in [-0.3, -0.25) is 19.2 Å². The molecule has 2 amide bonds. The number of ether oxygens (including phenoxy) is 3. The van der Waals surface area contributed by atoms with E-state index in [0.717, 1.165) is 68.9 Å². The largest absolute Gasteiger partial charge is 0.462 e. The average Bonchev–Trinajstić information content (AvgIpc) is 3.97. The first-order valence-corrected chi connectivity index (χ1v) is 31.4. The SMILES string of the molecule is CCCCCCCCCCCCCCC(=O)N[C@H](CSC[C@@H](COC(=O)CCCCCCCCCCCCCC)OC(=O)CCCCCCCCCCCCCC)C(=O)Nc1cn([C@H]2OC(CO)[C@@H](O)[C@H]2O)nn1. The maximum Gasteiger partial charge on any atom is 0.306 e. The van der Waals surface area contributed by atoms with Crippen LogP contribution in [0.5, 0.6) is 0 Å². The van der Waals surface area contributed by atoms with E-state index in [2.05, 4.69) is 41.7 Å². The van der Waals surface area contributed by atoms with Gasteiger partial charge in [0.25, 0.3) is 0 Å². The normalized spacial score (nSPS) is 17.3. The van der Waals surface area contributed by atoms with E-state index in [-0.39, 0.29) is 54.6 Å². The fraction of sp³-hybridized carbons (Fsp3) is 0.897. The highest BCUT2D eigenvalue weighted by Crippen LogP contribution is 2.29. The monoisotopic (exact) mass is 1070 g/mol. The number of hydrogen-bond acceptors (Lipinski definition) is 13. The van der Waals surface area contributed by atoms with E-state index in [4.69, 9.17) is 14.2 Å². The Labute approximate surface area is 452 Å². The predicted octanol–water partition coefficient (Wildman–Crippen LogP) is 12.8. The zero-order valence-corrected chi connectivity index (χ0v) is 47.7. The molecule has 2 heterocycles. The second-order valence-corrected chi connectivity index (χ2v) is 22.2. The van der Waals surface area contributed by atoms with Crippen molar-refractivity contribution in [3.8, 4) is 0 Å². The molecule has 16 heteroatoms. The van der Waals surface area contributed by atoms with Crippen LogP contribution in [0.3, 0.4) is 0 Å². The average molecular weight is 1070 g/mol. The van der Waals surface area contributed by atoms with Crippen molar-refractivity contribution in [3.05, 3.63) is 6.20 Å². The molecule has 0 spiro atoms. The summed E-state index contributed by atoms with van der Waals surface area (Å²) in [5, 5.41) is 43.9. The molecule has 2 rings (SSSR count). The molecule has 0 radical (unpaired) electrons. The smallest absolute Gasteiger partial charge is 0.306 e. The molecule has 0 bridgehead atoms. The molecule has 1 aliphatic heterocycles. The van der Waals surface area contributed by atoms with E-state index in [9.17, 15) is 34.5 Å². The minimum atomic E-state index is -1.39. The third-order valence-electron chi connectivity index (χ3n) is 14.2. The number of aliphatic hydroxyl groups is 3. The molecule has 0 aromatic carbocycles. The Morgan fingerprint density at radius 1 is 0.595 bits per heavy atom. The van der Waals surface area contributed by atoms with E-state index >= 15 is 0 Å². The van der Waals surface area contributed by atoms with Gasteiger partial charge in [-0.15, -0.1) is 5.10 Å². The number of anilines is 1. The summed E-state index contributed by atoms with van der Waals surface area (Å²) in [5.41, 5.74) is 0. The number of rotatable bonds is 51. The molecule has 1 saturated heterocycles. The van der Waals surface area contributed by atoms with Crippen LogP contribution in [-0.2, 0) is 33.4 Å². The molecule has 1 unspecified atom stereocenters. The van der Waals surface area contributed by atoms with E-state index in [0.29, 0.717) is 12.8 Å². The molecule has 1 aromatic rings. The van der Waals surface area contributed by atoms with Gasteiger partial charge in [-0.2, -0.15) is 11.8 Å². The number of carbonyl (C=O) groups excluding carboxylic acids is 4. The quantitative estimate of drug-likeness (QED) is 0.0304. The Morgan fingerprint density at radius 3 is 1.45 bits per heavy atom. The van der Waals surface area contributed by atoms with Crippen molar-refractivity contribution in [1.29, 1.82) is 0 Å². The van der Waals surface area contributed by atoms with Crippen molar-refractivity contribution in [2.45, 2.75) is 308 Å². The van der Waals surface area contributed by atoms with Gasteiger partial charge in [0, 0.05) is 30.8 Å². The number of amides is 2. The summed E-state index contributed by atoms with van der Waals surface area (Å²) in [6, 6.07) is -1.00. The highest BCUT2D eigenvalue weighted by atomic mass is 32.2. The Balaban J connectivity index is 1.98. The van der Waals surface area contributed by atoms with Gasteiger partial charge in [-0.05, 0) is 19.3 Å². The van der Waals surface area contributed by atoms with Gasteiger partial charge in [0.15, 0.2) is 12.0 Å². The lowest BCUT2D eigenvalue weighted by atomic mass is 10.0. The van der Waals surface area contributed by atoms with Crippen molar-refractivity contribution in [3.63, 3.8) is 0 Å². The van der Waals surface area contributed by atoms with Crippen LogP contribution in [0, 0.1) is 0 Å². The van der Waals surface area contributed by atoms with Crippen molar-refractivity contribution in [1.82, 2.24) is 20.3 Å². The molecule has 1 aliphatic rings. The summed E-state index contributed by atoms with van der Waals surface area (Å²) in [6.45, 7) is 6.12. The molecule has 1 fully saturated rings. The molecule has 0 saturated carbocycles. The lowest BCUT2D eigenvalue weighted by molar-refractivity contribution is -0.157. The number of aliphatic hydroxyl groups excluding tert-OH is 3. The third-order valence-corrected chi connectivity index (χ3v) is 15.4. The number of carbonyl (C=O) groups is 4. The van der Waals surface area contributed by atoms with Crippen molar-refractivity contribution in [2.24, 2.45) is 0 Å². The summed E-state index contributed by atoms with van der Waals surface area (Å²) >= 11 is 1.31. The number of nitrogens with zero attached hydrogens (tertiary/aromatic N) is 3. The molecule has 430 valence electrons. The molecule has 5 N–H and O–H groups in total. The number of hydrogen-bond donors (Lipinski definition) is 5. The minimum absolute atomic E-state index is 0.0302. The zero-order chi connectivity index (χ0) is 53.7. The van der Waals surface area contributed by atoms with Crippen LogP contribution in [0.25, 0.3) is 0 Å². The minimum Gasteiger partial charge on any atom is -0.462 e. The predicted molar refractivity (Wildman–Crippen MR) is 299 cm³/mol. The fourth-order valence-electron chi connectivity index (χ4n) is 9.50. The van der Waals surface area contributed by atoms with E-state index < -0.39 is 49.2 Å².